The van der Waals surface area contributed by atoms with Gasteiger partial charge in [0.05, 0.1) is 29.0 Å². The molecule has 0 aliphatic heterocycles. The average Bonchev–Trinajstić information content (AvgIpc) is 3.44. The molecule has 0 spiro atoms. The summed E-state index contributed by atoms with van der Waals surface area (Å²) in [6, 6.07) is 9.76. The molecule has 1 heterocycles. The van der Waals surface area contributed by atoms with Crippen molar-refractivity contribution in [3.8, 4) is 5.75 Å². The van der Waals surface area contributed by atoms with E-state index in [-0.39, 0.29) is 19.1 Å². The molecule has 1 fully saturated rings. The summed E-state index contributed by atoms with van der Waals surface area (Å²) >= 11 is 6.48. The lowest BCUT2D eigenvalue weighted by molar-refractivity contribution is -0.138. The van der Waals surface area contributed by atoms with Crippen LogP contribution >= 0.6 is 11.6 Å². The average molecular weight is 530 g/mol. The summed E-state index contributed by atoms with van der Waals surface area (Å²) in [5.41, 5.74) is 1.01. The number of fused-ring (bicyclic) bond motifs is 1. The maximum atomic E-state index is 13.7. The van der Waals surface area contributed by atoms with Crippen LogP contribution in [0.5, 0.6) is 5.75 Å². The highest BCUT2D eigenvalue weighted by Crippen LogP contribution is 2.42. The molecule has 35 heavy (non-hydrogen) atoms. The van der Waals surface area contributed by atoms with Gasteiger partial charge in [0.25, 0.3) is 10.1 Å². The number of nitrogens with zero attached hydrogens (tertiary/aromatic N) is 1. The van der Waals surface area contributed by atoms with E-state index in [1.165, 1.54) is 6.07 Å². The van der Waals surface area contributed by atoms with Gasteiger partial charge in [-0.1, -0.05) is 36.6 Å². The second kappa shape index (κ2) is 10.4. The fraction of sp³-hybridized carbons (Fsp3) is 0.440. The van der Waals surface area contributed by atoms with Crippen molar-refractivity contribution in [3.63, 3.8) is 0 Å². The third kappa shape index (κ3) is 6.51. The number of benzene rings is 2. The third-order valence-electron chi connectivity index (χ3n) is 6.25. The molecule has 1 saturated carbocycles. The van der Waals surface area contributed by atoms with Crippen LogP contribution in [0.2, 0.25) is 5.02 Å². The van der Waals surface area contributed by atoms with E-state index in [1.807, 2.05) is 16.8 Å². The minimum Gasteiger partial charge on any atom is -0.489 e. The zero-order valence-corrected chi connectivity index (χ0v) is 20.8. The molecule has 5 nitrogen and oxygen atoms in total. The normalized spacial score (nSPS) is 15.2. The van der Waals surface area contributed by atoms with E-state index in [9.17, 15) is 21.6 Å². The van der Waals surface area contributed by atoms with Crippen LogP contribution in [0.3, 0.4) is 0 Å². The van der Waals surface area contributed by atoms with E-state index in [4.69, 9.17) is 20.5 Å². The molecule has 1 aliphatic rings. The molecule has 0 saturated heterocycles. The number of aromatic nitrogens is 1. The van der Waals surface area contributed by atoms with Gasteiger partial charge in [-0.25, -0.2) is 0 Å². The van der Waals surface area contributed by atoms with Gasteiger partial charge >= 0.3 is 6.18 Å². The van der Waals surface area contributed by atoms with Crippen LogP contribution < -0.4 is 4.74 Å². The summed E-state index contributed by atoms with van der Waals surface area (Å²) in [5.74, 6) is 0.416. The lowest BCUT2D eigenvalue weighted by Gasteiger charge is -2.19. The Morgan fingerprint density at radius 3 is 2.54 bits per heavy atom. The number of halogens is 4. The molecule has 1 aliphatic carbocycles. The molecule has 190 valence electrons. The summed E-state index contributed by atoms with van der Waals surface area (Å²) < 4.78 is 75.9. The molecule has 0 N–H and O–H groups in total. The van der Waals surface area contributed by atoms with Gasteiger partial charge in [-0.2, -0.15) is 21.6 Å². The fourth-order valence-electron chi connectivity index (χ4n) is 4.68. The molecule has 10 heteroatoms. The van der Waals surface area contributed by atoms with E-state index < -0.39 is 21.9 Å². The Balaban J connectivity index is 1.46. The van der Waals surface area contributed by atoms with Gasteiger partial charge in [0, 0.05) is 24.2 Å². The van der Waals surface area contributed by atoms with E-state index in [0.717, 1.165) is 42.8 Å². The van der Waals surface area contributed by atoms with Gasteiger partial charge in [-0.15, -0.1) is 0 Å². The van der Waals surface area contributed by atoms with Gasteiger partial charge in [-0.05, 0) is 54.5 Å². The Morgan fingerprint density at radius 2 is 1.86 bits per heavy atom. The first-order valence-electron chi connectivity index (χ1n) is 11.5. The van der Waals surface area contributed by atoms with Crippen molar-refractivity contribution in [1.29, 1.82) is 0 Å². The van der Waals surface area contributed by atoms with Gasteiger partial charge < -0.3 is 9.30 Å². The second-order valence-corrected chi connectivity index (χ2v) is 11.0. The highest BCUT2D eigenvalue weighted by atomic mass is 35.5. The number of aryl methyl sites for hydroxylation is 1. The Hall–Kier alpha value is -2.23. The zero-order valence-electron chi connectivity index (χ0n) is 19.3. The minimum atomic E-state index is -4.41. The molecule has 0 radical (unpaired) electrons. The van der Waals surface area contributed by atoms with Gasteiger partial charge in [0.1, 0.15) is 12.4 Å². The Kier molecular flexibility index (Phi) is 7.68. The predicted molar refractivity (Wildman–Crippen MR) is 129 cm³/mol. The van der Waals surface area contributed by atoms with Gasteiger partial charge in [0.2, 0.25) is 0 Å². The molecule has 3 aromatic rings. The Morgan fingerprint density at radius 1 is 1.11 bits per heavy atom. The van der Waals surface area contributed by atoms with Crippen LogP contribution in [0.15, 0.2) is 42.6 Å². The summed E-state index contributed by atoms with van der Waals surface area (Å²) in [5, 5.41) is 1.24. The molecule has 0 unspecified atom stereocenters. The summed E-state index contributed by atoms with van der Waals surface area (Å²) in [7, 11) is -3.48. The first-order valence-corrected chi connectivity index (χ1v) is 13.7. The number of alkyl halides is 3. The summed E-state index contributed by atoms with van der Waals surface area (Å²) in [6.45, 7) is 0.558. The molecule has 2 aromatic carbocycles. The van der Waals surface area contributed by atoms with E-state index >= 15 is 0 Å². The minimum absolute atomic E-state index is 0.0145. The standard InChI is InChI=1S/C25H27ClF3NO4S/c1-35(31,32)34-12-4-10-30-11-9-19-14-20(15-23(26)24(19)30)33-16-17-7-8-21(18-5-2-3-6-18)22(13-17)25(27,28)29/h7-9,11,13-15,18H,2-6,10,12,16H2,1H3. The van der Waals surface area contributed by atoms with Crippen molar-refractivity contribution < 1.29 is 30.5 Å². The van der Waals surface area contributed by atoms with Crippen molar-refractivity contribution in [3.05, 3.63) is 64.3 Å². The molecular formula is C25H27ClF3NO4S. The Labute approximate surface area is 207 Å². The van der Waals surface area contributed by atoms with Crippen LogP contribution in [-0.2, 0) is 33.6 Å². The SMILES string of the molecule is CS(=O)(=O)OCCCn1ccc2cc(OCc3ccc(C4CCCC4)c(C(F)(F)F)c3)cc(Cl)c21. The van der Waals surface area contributed by atoms with E-state index in [2.05, 4.69) is 0 Å². The highest BCUT2D eigenvalue weighted by molar-refractivity contribution is 7.85. The van der Waals surface area contributed by atoms with Crippen molar-refractivity contribution >= 4 is 32.6 Å². The summed E-state index contributed by atoms with van der Waals surface area (Å²) in [6.07, 6.45) is 2.42. The lowest BCUT2D eigenvalue weighted by Crippen LogP contribution is -2.12. The van der Waals surface area contributed by atoms with Crippen LogP contribution in [0.1, 0.15) is 54.7 Å². The van der Waals surface area contributed by atoms with Crippen LogP contribution in [0, 0.1) is 0 Å². The van der Waals surface area contributed by atoms with Crippen molar-refractivity contribution in [2.75, 3.05) is 12.9 Å². The highest BCUT2D eigenvalue weighted by Gasteiger charge is 2.36. The second-order valence-electron chi connectivity index (χ2n) is 8.92. The van der Waals surface area contributed by atoms with Crippen molar-refractivity contribution in [1.82, 2.24) is 4.57 Å². The smallest absolute Gasteiger partial charge is 0.416 e. The first kappa shape index (κ1) is 25.9. The number of rotatable bonds is 9. The lowest BCUT2D eigenvalue weighted by atomic mass is 9.91. The maximum absolute atomic E-state index is 13.7. The largest absolute Gasteiger partial charge is 0.489 e. The van der Waals surface area contributed by atoms with Crippen molar-refractivity contribution in [2.45, 2.75) is 57.3 Å². The monoisotopic (exact) mass is 529 g/mol. The maximum Gasteiger partial charge on any atom is 0.416 e. The molecule has 0 atom stereocenters. The molecule has 4 rings (SSSR count). The van der Waals surface area contributed by atoms with Gasteiger partial charge in [0.15, 0.2) is 0 Å². The molecule has 0 amide bonds. The predicted octanol–water partition coefficient (Wildman–Crippen LogP) is 6.92. The van der Waals surface area contributed by atoms with Gasteiger partial charge in [-0.3, -0.25) is 4.18 Å². The quantitative estimate of drug-likeness (QED) is 0.223. The third-order valence-corrected chi connectivity index (χ3v) is 7.13. The topological polar surface area (TPSA) is 57.5 Å². The molecule has 1 aromatic heterocycles. The van der Waals surface area contributed by atoms with E-state index in [1.54, 1.807) is 24.3 Å². The van der Waals surface area contributed by atoms with E-state index in [0.29, 0.717) is 34.9 Å². The number of hydrogen-bond donors (Lipinski definition) is 0. The Bertz CT molecular complexity index is 1300. The van der Waals surface area contributed by atoms with Crippen LogP contribution in [0.25, 0.3) is 10.9 Å². The van der Waals surface area contributed by atoms with Crippen molar-refractivity contribution in [2.24, 2.45) is 0 Å². The van der Waals surface area contributed by atoms with Crippen LogP contribution in [0.4, 0.5) is 13.2 Å². The molecular weight excluding hydrogens is 503 g/mol. The van der Waals surface area contributed by atoms with Crippen LogP contribution in [-0.4, -0.2) is 25.8 Å². The zero-order chi connectivity index (χ0) is 25.2. The fourth-order valence-corrected chi connectivity index (χ4v) is 5.43. The first-order chi connectivity index (χ1) is 16.5. The molecule has 0 bridgehead atoms. The number of ether oxygens (including phenoxy) is 1. The number of hydrogen-bond acceptors (Lipinski definition) is 4. The summed E-state index contributed by atoms with van der Waals surface area (Å²) in [4.78, 5) is 0.